The lowest BCUT2D eigenvalue weighted by Gasteiger charge is -2.09. The van der Waals surface area contributed by atoms with Crippen molar-refractivity contribution in [3.8, 4) is 17.2 Å². The molecule has 3 nitrogen and oxygen atoms in total. The first-order chi connectivity index (χ1) is 8.60. The maximum Gasteiger partial charge on any atom is 0.162 e. The van der Waals surface area contributed by atoms with Gasteiger partial charge in [-0.05, 0) is 24.3 Å². The van der Waals surface area contributed by atoms with E-state index in [0.29, 0.717) is 17.2 Å². The van der Waals surface area contributed by atoms with E-state index in [4.69, 9.17) is 15.2 Å². The van der Waals surface area contributed by atoms with Crippen molar-refractivity contribution in [2.75, 3.05) is 12.8 Å². The monoisotopic (exact) mass is 251 g/mol. The van der Waals surface area contributed by atoms with Gasteiger partial charge in [0.15, 0.2) is 11.6 Å². The summed E-state index contributed by atoms with van der Waals surface area (Å²) in [5.74, 6) is -0.754. The second-order valence-corrected chi connectivity index (χ2v) is 3.58. The van der Waals surface area contributed by atoms with Crippen molar-refractivity contribution in [2.45, 2.75) is 0 Å². The highest BCUT2D eigenvalue weighted by molar-refractivity contribution is 5.56. The van der Waals surface area contributed by atoms with Crippen molar-refractivity contribution < 1.29 is 18.3 Å². The van der Waals surface area contributed by atoms with E-state index >= 15 is 0 Å². The third kappa shape index (κ3) is 2.51. The normalized spacial score (nSPS) is 10.2. The molecular formula is C13H11F2NO2. The molecule has 0 saturated heterocycles. The van der Waals surface area contributed by atoms with Gasteiger partial charge in [-0.3, -0.25) is 0 Å². The number of hydrogen-bond donors (Lipinski definition) is 1. The van der Waals surface area contributed by atoms with Gasteiger partial charge >= 0.3 is 0 Å². The number of anilines is 1. The average molecular weight is 251 g/mol. The zero-order valence-corrected chi connectivity index (χ0v) is 9.61. The zero-order valence-electron chi connectivity index (χ0n) is 9.61. The fourth-order valence-corrected chi connectivity index (χ4v) is 1.45. The molecule has 0 aliphatic rings. The molecule has 0 saturated carbocycles. The summed E-state index contributed by atoms with van der Waals surface area (Å²) in [6.07, 6.45) is 0. The average Bonchev–Trinajstić information content (AvgIpc) is 2.34. The fourth-order valence-electron chi connectivity index (χ4n) is 1.45. The van der Waals surface area contributed by atoms with Crippen LogP contribution in [0.4, 0.5) is 14.5 Å². The lowest BCUT2D eigenvalue weighted by molar-refractivity contribution is 0.415. The van der Waals surface area contributed by atoms with Gasteiger partial charge in [-0.2, -0.15) is 0 Å². The van der Waals surface area contributed by atoms with Crippen LogP contribution in [0.2, 0.25) is 0 Å². The van der Waals surface area contributed by atoms with Crippen molar-refractivity contribution in [2.24, 2.45) is 0 Å². The summed E-state index contributed by atoms with van der Waals surface area (Å²) in [7, 11) is 1.50. The van der Waals surface area contributed by atoms with E-state index in [1.165, 1.54) is 13.2 Å². The minimum Gasteiger partial charge on any atom is -0.495 e. The third-order valence-corrected chi connectivity index (χ3v) is 2.33. The SMILES string of the molecule is COc1ccc(Oc2ccc(F)c(F)c2)cc1N. The number of nitrogen functional groups attached to an aromatic ring is 1. The third-order valence-electron chi connectivity index (χ3n) is 2.33. The van der Waals surface area contributed by atoms with E-state index in [1.54, 1.807) is 18.2 Å². The Kier molecular flexibility index (Phi) is 3.32. The largest absolute Gasteiger partial charge is 0.495 e. The Balaban J connectivity index is 2.23. The molecule has 0 aliphatic carbocycles. The van der Waals surface area contributed by atoms with E-state index in [0.717, 1.165) is 12.1 Å². The molecule has 2 N–H and O–H groups in total. The molecule has 2 rings (SSSR count). The van der Waals surface area contributed by atoms with Crippen LogP contribution in [0.25, 0.3) is 0 Å². The van der Waals surface area contributed by atoms with Gasteiger partial charge in [-0.15, -0.1) is 0 Å². The van der Waals surface area contributed by atoms with Crippen molar-refractivity contribution in [3.63, 3.8) is 0 Å². The second kappa shape index (κ2) is 4.91. The summed E-state index contributed by atoms with van der Waals surface area (Å²) in [6, 6.07) is 8.09. The lowest BCUT2D eigenvalue weighted by atomic mass is 10.2. The van der Waals surface area contributed by atoms with E-state index < -0.39 is 11.6 Å². The van der Waals surface area contributed by atoms with Crippen LogP contribution in [0.15, 0.2) is 36.4 Å². The quantitative estimate of drug-likeness (QED) is 0.851. The van der Waals surface area contributed by atoms with Crippen LogP contribution in [-0.4, -0.2) is 7.11 Å². The maximum atomic E-state index is 13.0. The van der Waals surface area contributed by atoms with Crippen LogP contribution in [-0.2, 0) is 0 Å². The molecule has 2 aromatic carbocycles. The summed E-state index contributed by atoms with van der Waals surface area (Å²) >= 11 is 0. The minimum absolute atomic E-state index is 0.193. The van der Waals surface area contributed by atoms with E-state index in [-0.39, 0.29) is 5.75 Å². The molecule has 0 heterocycles. The Hall–Kier alpha value is -2.30. The summed E-state index contributed by atoms with van der Waals surface area (Å²) in [4.78, 5) is 0. The van der Waals surface area contributed by atoms with Gasteiger partial charge in [0.1, 0.15) is 17.2 Å². The van der Waals surface area contributed by atoms with Gasteiger partial charge in [-0.1, -0.05) is 0 Å². The molecule has 5 heteroatoms. The number of halogens is 2. The molecule has 0 spiro atoms. The number of rotatable bonds is 3. The number of benzene rings is 2. The summed E-state index contributed by atoms with van der Waals surface area (Å²) in [5.41, 5.74) is 6.10. The topological polar surface area (TPSA) is 44.5 Å². The van der Waals surface area contributed by atoms with Crippen LogP contribution in [0.3, 0.4) is 0 Å². The highest BCUT2D eigenvalue weighted by atomic mass is 19.2. The Morgan fingerprint density at radius 1 is 0.944 bits per heavy atom. The first-order valence-corrected chi connectivity index (χ1v) is 5.16. The number of ether oxygens (including phenoxy) is 2. The maximum absolute atomic E-state index is 13.0. The molecule has 0 radical (unpaired) electrons. The van der Waals surface area contributed by atoms with Gasteiger partial charge in [-0.25, -0.2) is 8.78 Å². The molecule has 18 heavy (non-hydrogen) atoms. The van der Waals surface area contributed by atoms with Crippen LogP contribution < -0.4 is 15.2 Å². The van der Waals surface area contributed by atoms with Crippen molar-refractivity contribution in [3.05, 3.63) is 48.0 Å². The summed E-state index contributed by atoms with van der Waals surface area (Å²) < 4.78 is 36.1. The Morgan fingerprint density at radius 2 is 1.61 bits per heavy atom. The molecule has 0 aliphatic heterocycles. The Bertz CT molecular complexity index is 573. The molecule has 94 valence electrons. The Morgan fingerprint density at radius 3 is 2.22 bits per heavy atom. The minimum atomic E-state index is -0.964. The van der Waals surface area contributed by atoms with E-state index in [2.05, 4.69) is 0 Å². The van der Waals surface area contributed by atoms with Crippen molar-refractivity contribution in [1.82, 2.24) is 0 Å². The predicted molar refractivity (Wildman–Crippen MR) is 63.8 cm³/mol. The van der Waals surface area contributed by atoms with Gasteiger partial charge in [0.25, 0.3) is 0 Å². The van der Waals surface area contributed by atoms with Gasteiger partial charge < -0.3 is 15.2 Å². The number of nitrogens with two attached hydrogens (primary N) is 1. The van der Waals surface area contributed by atoms with Crippen LogP contribution >= 0.6 is 0 Å². The fraction of sp³-hybridized carbons (Fsp3) is 0.0769. The molecule has 0 atom stereocenters. The van der Waals surface area contributed by atoms with Gasteiger partial charge in [0.05, 0.1) is 12.8 Å². The molecule has 0 amide bonds. The molecule has 0 unspecified atom stereocenters. The van der Waals surface area contributed by atoms with Crippen molar-refractivity contribution in [1.29, 1.82) is 0 Å². The lowest BCUT2D eigenvalue weighted by Crippen LogP contribution is -1.93. The van der Waals surface area contributed by atoms with Crippen molar-refractivity contribution >= 4 is 5.69 Å². The first-order valence-electron chi connectivity index (χ1n) is 5.16. The van der Waals surface area contributed by atoms with Crippen LogP contribution in [0, 0.1) is 11.6 Å². The highest BCUT2D eigenvalue weighted by Crippen LogP contribution is 2.29. The number of methoxy groups -OCH3 is 1. The van der Waals surface area contributed by atoms with E-state index in [9.17, 15) is 8.78 Å². The smallest absolute Gasteiger partial charge is 0.162 e. The molecule has 0 fully saturated rings. The Labute approximate surface area is 103 Å². The summed E-state index contributed by atoms with van der Waals surface area (Å²) in [6.45, 7) is 0. The van der Waals surface area contributed by atoms with Gasteiger partial charge in [0.2, 0.25) is 0 Å². The highest BCUT2D eigenvalue weighted by Gasteiger charge is 2.06. The summed E-state index contributed by atoms with van der Waals surface area (Å²) in [5, 5.41) is 0. The van der Waals surface area contributed by atoms with E-state index in [1.807, 2.05) is 0 Å². The van der Waals surface area contributed by atoms with Gasteiger partial charge in [0, 0.05) is 12.1 Å². The zero-order chi connectivity index (χ0) is 13.1. The number of hydrogen-bond acceptors (Lipinski definition) is 3. The molecule has 0 aromatic heterocycles. The molecule has 2 aromatic rings. The van der Waals surface area contributed by atoms with Crippen LogP contribution in [0.1, 0.15) is 0 Å². The van der Waals surface area contributed by atoms with Crippen LogP contribution in [0.5, 0.6) is 17.2 Å². The standard InChI is InChI=1S/C13H11F2NO2/c1-17-13-5-3-9(7-12(13)16)18-8-2-4-10(14)11(15)6-8/h2-7H,16H2,1H3. The molecule has 0 bridgehead atoms. The first kappa shape index (κ1) is 12.2. The predicted octanol–water partition coefficient (Wildman–Crippen LogP) is 3.35. The second-order valence-electron chi connectivity index (χ2n) is 3.58. The molecular weight excluding hydrogens is 240 g/mol.